The summed E-state index contributed by atoms with van der Waals surface area (Å²) in [6.45, 7) is 24.0. The molecule has 0 N–H and O–H groups in total. The van der Waals surface area contributed by atoms with Crippen LogP contribution in [0.1, 0.15) is 105 Å². The second-order valence-electron chi connectivity index (χ2n) is 38.6. The Morgan fingerprint density at radius 3 is 0.734 bits per heavy atom. The molecule has 0 atom stereocenters. The standard InChI is InChI=1S/C106H81B4F6N7O/c1-103(2,3)58-43-47-62-86(51-58)117(76-33-19-13-27-70(76)111)82-39-25-41-84-94(82)107(62)66-53-68-90(55-88(66)119(84)78-35-21-15-29-72(78)113)121(80-37-23-17-31-74(80)115)92-57-93-97-100-96(92)109(68)64-49-45-60(105(7,8)9)101-98(64)123(100)99-65(50-46-61(102(99)124-101)106(10,11)12)110(97)69-54-67-89(56-91(69)122(93)81-38-24-18-32-75(81)116)120(79-36-22-16-30-73(79)114)85-42-26-40-83-95(85)108(67)63-48-44-59(104(4,5)6)52-87(63)118(83)77-34-20-14-28-71(77)112/h13-57H,1-12H3. The third kappa shape index (κ3) is 10.1. The van der Waals surface area contributed by atoms with Crippen molar-refractivity contribution in [1.29, 1.82) is 0 Å². The van der Waals surface area contributed by atoms with Crippen molar-refractivity contribution in [2.45, 2.75) is 105 Å². The van der Waals surface area contributed by atoms with E-state index >= 15 is 26.3 Å². The van der Waals surface area contributed by atoms with Crippen LogP contribution in [0.4, 0.5) is 146 Å². The Kier molecular flexibility index (Phi) is 15.4. The lowest BCUT2D eigenvalue weighted by molar-refractivity contribution is 0.433. The SMILES string of the molecule is CC(C)(C)c1ccc2c(c1)N(c1ccccc1F)c1cccc3c1B2c1cc2c(cc1N3c1ccccc1F)N(c1ccccc1F)c1cc3c4c5c1B2c1ccc(C(C)(C)C)c2c1N5c1c(ccc(C(C)(C)C)c1O2)B4c1cc2c(cc1N3c1ccccc1F)N(c1ccccc1F)c1cccc3c1B2c1ccc(C(C)(C)C)cc1N3c1ccccc1F. The molecule has 24 rings (SSSR count). The van der Waals surface area contributed by atoms with Crippen molar-refractivity contribution in [3.05, 3.63) is 330 Å². The average Bonchev–Trinajstić information content (AvgIpc) is 0.652. The van der Waals surface area contributed by atoms with E-state index in [0.29, 0.717) is 68.4 Å². The molecule has 0 bridgehead atoms. The molecule has 9 aliphatic heterocycles. The van der Waals surface area contributed by atoms with E-state index in [1.807, 2.05) is 105 Å². The van der Waals surface area contributed by atoms with Crippen LogP contribution >= 0.6 is 0 Å². The molecule has 0 aliphatic carbocycles. The van der Waals surface area contributed by atoms with Crippen molar-refractivity contribution in [3.8, 4) is 11.5 Å². The molecule has 15 aromatic rings. The lowest BCUT2D eigenvalue weighted by atomic mass is 9.27. The molecule has 0 amide bonds. The highest BCUT2D eigenvalue weighted by atomic mass is 19.1. The second-order valence-corrected chi connectivity index (χ2v) is 38.6. The number of halogens is 6. The number of para-hydroxylation sites is 6. The van der Waals surface area contributed by atoms with Crippen LogP contribution in [0, 0.1) is 34.9 Å². The fourth-order valence-electron chi connectivity index (χ4n) is 22.1. The number of nitrogens with zero attached hydrogens (tertiary/aromatic N) is 7. The first-order valence-electron chi connectivity index (χ1n) is 42.8. The van der Waals surface area contributed by atoms with Gasteiger partial charge < -0.3 is 39.0 Å². The maximum atomic E-state index is 18.7. The van der Waals surface area contributed by atoms with Gasteiger partial charge in [-0.05, 0) is 226 Å². The molecule has 15 aromatic carbocycles. The quantitative estimate of drug-likeness (QED) is 0.120. The molecule has 0 fully saturated rings. The highest BCUT2D eigenvalue weighted by Crippen LogP contribution is 2.61. The topological polar surface area (TPSA) is 31.9 Å². The van der Waals surface area contributed by atoms with Crippen LogP contribution in [0.5, 0.6) is 11.5 Å². The molecule has 0 radical (unpaired) electrons. The minimum absolute atomic E-state index is 0.233. The molecular formula is C106H81B4F6N7O. The van der Waals surface area contributed by atoms with Gasteiger partial charge in [-0.15, -0.1) is 0 Å². The molecule has 124 heavy (non-hydrogen) atoms. The summed E-state index contributed by atoms with van der Waals surface area (Å²) in [5.41, 5.74) is 25.3. The van der Waals surface area contributed by atoms with E-state index in [2.05, 4.69) is 201 Å². The zero-order chi connectivity index (χ0) is 84.9. The first kappa shape index (κ1) is 74.4. The van der Waals surface area contributed by atoms with E-state index in [1.165, 1.54) is 36.4 Å². The zero-order valence-corrected chi connectivity index (χ0v) is 70.6. The number of rotatable bonds is 6. The Bertz CT molecular complexity index is 6890. The fourth-order valence-corrected chi connectivity index (χ4v) is 22.1. The fraction of sp³-hybridized carbons (Fsp3) is 0.151. The molecule has 0 unspecified atom stereocenters. The summed E-state index contributed by atoms with van der Waals surface area (Å²) in [6.07, 6.45) is 0. The molecule has 0 saturated carbocycles. The summed E-state index contributed by atoms with van der Waals surface area (Å²) >= 11 is 0. The van der Waals surface area contributed by atoms with Crippen LogP contribution < -0.4 is 105 Å². The predicted octanol–water partition coefficient (Wildman–Crippen LogP) is 20.7. The van der Waals surface area contributed by atoms with Gasteiger partial charge in [-0.25, -0.2) is 26.3 Å². The third-order valence-electron chi connectivity index (χ3n) is 27.5. The van der Waals surface area contributed by atoms with E-state index in [1.54, 1.807) is 48.5 Å². The van der Waals surface area contributed by atoms with Crippen molar-refractivity contribution >= 4 is 212 Å². The van der Waals surface area contributed by atoms with Crippen LogP contribution in [0.3, 0.4) is 0 Å². The number of hydrogen-bond acceptors (Lipinski definition) is 8. The van der Waals surface area contributed by atoms with Crippen LogP contribution in [-0.4, -0.2) is 26.9 Å². The number of ether oxygens (including phenoxy) is 1. The van der Waals surface area contributed by atoms with Crippen LogP contribution in [-0.2, 0) is 21.7 Å². The number of benzene rings is 15. The Morgan fingerprint density at radius 1 is 0.202 bits per heavy atom. The van der Waals surface area contributed by atoms with Gasteiger partial charge in [0.15, 0.2) is 11.5 Å². The number of fused-ring (bicyclic) bond motifs is 14. The predicted molar refractivity (Wildman–Crippen MR) is 502 cm³/mol. The lowest BCUT2D eigenvalue weighted by Crippen LogP contribution is -2.70. The summed E-state index contributed by atoms with van der Waals surface area (Å²) < 4.78 is 116. The van der Waals surface area contributed by atoms with E-state index in [0.717, 1.165) is 128 Å². The largest absolute Gasteiger partial charge is 0.452 e. The van der Waals surface area contributed by atoms with E-state index in [9.17, 15) is 0 Å². The molecule has 0 spiro atoms. The molecule has 8 nitrogen and oxygen atoms in total. The minimum atomic E-state index is -0.680. The Morgan fingerprint density at radius 2 is 0.452 bits per heavy atom. The first-order valence-corrected chi connectivity index (χ1v) is 42.8. The van der Waals surface area contributed by atoms with Crippen molar-refractivity contribution < 1.29 is 31.1 Å². The molecule has 600 valence electrons. The van der Waals surface area contributed by atoms with Gasteiger partial charge in [-0.2, -0.15) is 0 Å². The van der Waals surface area contributed by atoms with Crippen molar-refractivity contribution in [3.63, 3.8) is 0 Å². The van der Waals surface area contributed by atoms with Gasteiger partial charge in [0.25, 0.3) is 26.9 Å². The summed E-state index contributed by atoms with van der Waals surface area (Å²) in [6, 6.07) is 86.5. The molecule has 0 saturated heterocycles. The van der Waals surface area contributed by atoms with Crippen molar-refractivity contribution in [2.24, 2.45) is 0 Å². The van der Waals surface area contributed by atoms with Gasteiger partial charge in [-0.3, -0.25) is 0 Å². The highest BCUT2D eigenvalue weighted by molar-refractivity contribution is 7.07. The van der Waals surface area contributed by atoms with Gasteiger partial charge in [0.05, 0.1) is 45.5 Å². The van der Waals surface area contributed by atoms with E-state index in [-0.39, 0.29) is 33.6 Å². The van der Waals surface area contributed by atoms with Crippen molar-refractivity contribution in [2.75, 3.05) is 34.3 Å². The summed E-state index contributed by atoms with van der Waals surface area (Å²) in [7, 11) is 0. The third-order valence-corrected chi connectivity index (χ3v) is 27.5. The molecule has 0 aromatic heterocycles. The molecule has 9 heterocycles. The molecule has 18 heteroatoms. The van der Waals surface area contributed by atoms with Crippen LogP contribution in [0.2, 0.25) is 0 Å². The normalized spacial score (nSPS) is 14.7. The Labute approximate surface area is 719 Å². The summed E-state index contributed by atoms with van der Waals surface area (Å²) in [4.78, 5) is 14.7. The summed E-state index contributed by atoms with van der Waals surface area (Å²) in [5, 5.41) is 0. The summed E-state index contributed by atoms with van der Waals surface area (Å²) in [5.74, 6) is -1.40. The average molecular weight is 1630 g/mol. The second kappa shape index (κ2) is 25.6. The van der Waals surface area contributed by atoms with Gasteiger partial charge in [0, 0.05) is 85.1 Å². The Hall–Kier alpha value is -13.5. The van der Waals surface area contributed by atoms with Crippen LogP contribution in [0.15, 0.2) is 273 Å². The van der Waals surface area contributed by atoms with E-state index < -0.39 is 72.6 Å². The smallest absolute Gasteiger partial charge is 0.252 e. The lowest BCUT2D eigenvalue weighted by Gasteiger charge is -2.53. The van der Waals surface area contributed by atoms with Crippen LogP contribution in [0.25, 0.3) is 0 Å². The number of anilines is 21. The number of hydrogen-bond donors (Lipinski definition) is 0. The maximum absolute atomic E-state index is 18.7. The maximum Gasteiger partial charge on any atom is 0.252 e. The van der Waals surface area contributed by atoms with Crippen molar-refractivity contribution in [1.82, 2.24) is 0 Å². The van der Waals surface area contributed by atoms with Gasteiger partial charge >= 0.3 is 0 Å². The Balaban J connectivity index is 0.852. The molecular weight excluding hydrogens is 1540 g/mol. The highest BCUT2D eigenvalue weighted by Gasteiger charge is 2.58. The zero-order valence-electron chi connectivity index (χ0n) is 70.6. The molecule has 9 aliphatic rings. The van der Waals surface area contributed by atoms with E-state index in [4.69, 9.17) is 4.74 Å². The van der Waals surface area contributed by atoms with Gasteiger partial charge in [0.2, 0.25) is 0 Å². The monoisotopic (exact) mass is 1630 g/mol. The minimum Gasteiger partial charge on any atom is -0.452 e. The first-order chi connectivity index (χ1) is 59.6. The van der Waals surface area contributed by atoms with Gasteiger partial charge in [0.1, 0.15) is 34.9 Å². The van der Waals surface area contributed by atoms with Gasteiger partial charge in [-0.1, -0.05) is 229 Å².